The van der Waals surface area contributed by atoms with Gasteiger partial charge in [-0.2, -0.15) is 4.98 Å². The molecule has 42 heavy (non-hydrogen) atoms. The highest BCUT2D eigenvalue weighted by Crippen LogP contribution is 2.58. The molecule has 2 bridgehead atoms. The molecular formula is C31H37F2N5O4. The number of hydrogen-bond acceptors (Lipinski definition) is 8. The van der Waals surface area contributed by atoms with Gasteiger partial charge in [0.2, 0.25) is 17.7 Å². The lowest BCUT2D eigenvalue weighted by atomic mass is 9.53. The molecule has 2 heterocycles. The number of ether oxygens (including phenoxy) is 1. The lowest BCUT2D eigenvalue weighted by Gasteiger charge is -2.53. The Morgan fingerprint density at radius 3 is 2.55 bits per heavy atom. The maximum Gasteiger partial charge on any atom is 0.414 e. The van der Waals surface area contributed by atoms with Crippen LogP contribution in [0.5, 0.6) is 6.08 Å². The second-order valence-electron chi connectivity index (χ2n) is 13.0. The predicted octanol–water partition coefficient (Wildman–Crippen LogP) is 6.85. The summed E-state index contributed by atoms with van der Waals surface area (Å²) < 4.78 is 44.8. The summed E-state index contributed by atoms with van der Waals surface area (Å²) in [5.74, 6) is -0.724. The van der Waals surface area contributed by atoms with E-state index in [-0.39, 0.29) is 48.0 Å². The van der Waals surface area contributed by atoms with Gasteiger partial charge in [-0.25, -0.2) is 8.78 Å². The highest BCUT2D eigenvalue weighted by atomic mass is 19.3. The molecule has 224 valence electrons. The lowest BCUT2D eigenvalue weighted by molar-refractivity contribution is -0.120. The Bertz CT molecular complexity index is 1430. The normalized spacial score (nSPS) is 28.2. The summed E-state index contributed by atoms with van der Waals surface area (Å²) in [5.41, 5.74) is 1.24. The van der Waals surface area contributed by atoms with Gasteiger partial charge in [0.05, 0.1) is 6.61 Å². The average Bonchev–Trinajstić information content (AvgIpc) is 3.36. The van der Waals surface area contributed by atoms with Crippen LogP contribution in [-0.2, 0) is 10.2 Å². The predicted molar refractivity (Wildman–Crippen MR) is 148 cm³/mol. The summed E-state index contributed by atoms with van der Waals surface area (Å²) in [7, 11) is 0. The van der Waals surface area contributed by atoms with E-state index in [1.807, 2.05) is 36.1 Å². The number of benzene rings is 1. The van der Waals surface area contributed by atoms with Crippen LogP contribution in [0.3, 0.4) is 0 Å². The van der Waals surface area contributed by atoms with Crippen LogP contribution in [0.15, 0.2) is 33.2 Å². The Kier molecular flexibility index (Phi) is 6.81. The van der Waals surface area contributed by atoms with Crippen LogP contribution in [0.25, 0.3) is 11.5 Å². The SMILES string of the molecule is CCOc1nnc(-c2cccc(N(CC34CCC(c5nc(C6CC6)no5)(CC3)CC4)C(=O)CC3CCC(F)(F)C3)c2)o1. The molecule has 1 amide bonds. The number of anilines is 1. The first-order valence-electron chi connectivity index (χ1n) is 15.3. The molecule has 2 aromatic heterocycles. The van der Waals surface area contributed by atoms with Crippen molar-refractivity contribution in [3.63, 3.8) is 0 Å². The monoisotopic (exact) mass is 581 g/mol. The zero-order chi connectivity index (χ0) is 29.0. The number of carbonyl (C=O) groups is 1. The zero-order valence-corrected chi connectivity index (χ0v) is 24.0. The van der Waals surface area contributed by atoms with E-state index < -0.39 is 5.92 Å². The van der Waals surface area contributed by atoms with Crippen LogP contribution < -0.4 is 9.64 Å². The third kappa shape index (κ3) is 5.30. The van der Waals surface area contributed by atoms with E-state index in [1.165, 1.54) is 0 Å². The van der Waals surface area contributed by atoms with E-state index in [2.05, 4.69) is 15.4 Å². The third-order valence-electron chi connectivity index (χ3n) is 10.1. The van der Waals surface area contributed by atoms with Crippen molar-refractivity contribution >= 4 is 11.6 Å². The summed E-state index contributed by atoms with van der Waals surface area (Å²) in [5, 5.41) is 12.3. The van der Waals surface area contributed by atoms with E-state index in [1.54, 1.807) is 0 Å². The highest BCUT2D eigenvalue weighted by molar-refractivity contribution is 5.94. The van der Waals surface area contributed by atoms with E-state index in [9.17, 15) is 13.6 Å². The molecule has 1 aromatic carbocycles. The molecule has 1 atom stereocenters. The van der Waals surface area contributed by atoms with Crippen LogP contribution in [0.4, 0.5) is 14.5 Å². The highest BCUT2D eigenvalue weighted by Gasteiger charge is 2.53. The first-order chi connectivity index (χ1) is 20.3. The molecule has 8 rings (SSSR count). The minimum absolute atomic E-state index is 0.0566. The van der Waals surface area contributed by atoms with Gasteiger partial charge in [0.15, 0.2) is 5.82 Å². The molecule has 0 N–H and O–H groups in total. The van der Waals surface area contributed by atoms with Crippen molar-refractivity contribution in [1.29, 1.82) is 0 Å². The molecular weight excluding hydrogens is 544 g/mol. The largest absolute Gasteiger partial charge is 0.449 e. The Morgan fingerprint density at radius 1 is 1.07 bits per heavy atom. The van der Waals surface area contributed by atoms with Gasteiger partial charge in [0.25, 0.3) is 5.89 Å². The van der Waals surface area contributed by atoms with Crippen LogP contribution in [0.1, 0.15) is 102 Å². The van der Waals surface area contributed by atoms with Gasteiger partial charge in [-0.15, -0.1) is 5.10 Å². The Morgan fingerprint density at radius 2 is 1.86 bits per heavy atom. The summed E-state index contributed by atoms with van der Waals surface area (Å²) in [6.45, 7) is 2.78. The van der Waals surface area contributed by atoms with Gasteiger partial charge in [-0.05, 0) is 94.2 Å². The van der Waals surface area contributed by atoms with Gasteiger partial charge in [-0.1, -0.05) is 16.3 Å². The molecule has 5 aliphatic rings. The second kappa shape index (κ2) is 10.4. The molecule has 0 aliphatic heterocycles. The van der Waals surface area contributed by atoms with Crippen LogP contribution in [0, 0.1) is 11.3 Å². The van der Waals surface area contributed by atoms with Crippen LogP contribution >= 0.6 is 0 Å². The summed E-state index contributed by atoms with van der Waals surface area (Å²) >= 11 is 0. The molecule has 5 aliphatic carbocycles. The molecule has 5 fully saturated rings. The molecule has 1 unspecified atom stereocenters. The summed E-state index contributed by atoms with van der Waals surface area (Å²) in [6.07, 6.45) is 8.13. The summed E-state index contributed by atoms with van der Waals surface area (Å²) in [4.78, 5) is 20.6. The number of carbonyl (C=O) groups excluding carboxylic acids is 1. The number of hydrogen-bond donors (Lipinski definition) is 0. The Hall–Kier alpha value is -3.37. The van der Waals surface area contributed by atoms with Gasteiger partial charge in [-0.3, -0.25) is 4.79 Å². The first-order valence-corrected chi connectivity index (χ1v) is 15.3. The van der Waals surface area contributed by atoms with E-state index in [0.29, 0.717) is 42.6 Å². The van der Waals surface area contributed by atoms with Crippen molar-refractivity contribution in [2.75, 3.05) is 18.1 Å². The number of aromatic nitrogens is 4. The van der Waals surface area contributed by atoms with Gasteiger partial charge < -0.3 is 18.6 Å². The maximum atomic E-state index is 14.0. The summed E-state index contributed by atoms with van der Waals surface area (Å²) in [6, 6.07) is 7.47. The number of nitrogens with zero attached hydrogens (tertiary/aromatic N) is 5. The molecule has 0 spiro atoms. The number of fused-ring (bicyclic) bond motifs is 3. The number of amides is 1. The smallest absolute Gasteiger partial charge is 0.414 e. The van der Waals surface area contributed by atoms with Crippen molar-refractivity contribution in [2.45, 2.75) is 101 Å². The molecule has 0 radical (unpaired) electrons. The van der Waals surface area contributed by atoms with Crippen molar-refractivity contribution in [3.8, 4) is 17.5 Å². The quantitative estimate of drug-likeness (QED) is 0.256. The minimum atomic E-state index is -2.69. The van der Waals surface area contributed by atoms with Gasteiger partial charge >= 0.3 is 6.08 Å². The third-order valence-corrected chi connectivity index (χ3v) is 10.1. The fourth-order valence-corrected chi connectivity index (χ4v) is 7.33. The Balaban J connectivity index is 1.13. The fraction of sp³-hybridized carbons (Fsp3) is 0.645. The van der Waals surface area contributed by atoms with Gasteiger partial charge in [0.1, 0.15) is 0 Å². The maximum absolute atomic E-state index is 14.0. The molecule has 3 aromatic rings. The van der Waals surface area contributed by atoms with Crippen LogP contribution in [-0.4, -0.2) is 45.3 Å². The standard InChI is InChI=1S/C31H37F2N5O4/c1-2-40-28-36-35-26(41-28)22-4-3-5-23(17-22)38(24(39)16-20-8-9-31(32,33)18-20)19-29-10-13-30(14-11-29,15-12-29)27-34-25(37-42-27)21-6-7-21/h3-5,17,20-21H,2,6-16,18-19H2,1H3. The van der Waals surface area contributed by atoms with E-state index in [4.69, 9.17) is 18.7 Å². The second-order valence-corrected chi connectivity index (χ2v) is 13.0. The lowest BCUT2D eigenvalue weighted by Crippen LogP contribution is -2.51. The molecule has 0 saturated heterocycles. The van der Waals surface area contributed by atoms with Crippen molar-refractivity contribution in [1.82, 2.24) is 20.3 Å². The number of halogens is 2. The van der Waals surface area contributed by atoms with Crippen molar-refractivity contribution in [3.05, 3.63) is 36.0 Å². The van der Waals surface area contributed by atoms with Crippen LogP contribution in [0.2, 0.25) is 0 Å². The van der Waals surface area contributed by atoms with Crippen molar-refractivity contribution < 1.29 is 27.3 Å². The molecule has 11 heteroatoms. The Labute approximate surface area is 243 Å². The first kappa shape index (κ1) is 27.5. The molecule has 5 saturated carbocycles. The zero-order valence-electron chi connectivity index (χ0n) is 24.0. The minimum Gasteiger partial charge on any atom is -0.449 e. The topological polar surface area (TPSA) is 107 Å². The number of rotatable bonds is 10. The average molecular weight is 582 g/mol. The van der Waals surface area contributed by atoms with Crippen molar-refractivity contribution in [2.24, 2.45) is 11.3 Å². The van der Waals surface area contributed by atoms with E-state index >= 15 is 0 Å². The van der Waals surface area contributed by atoms with E-state index in [0.717, 1.165) is 63.1 Å². The number of alkyl halides is 2. The fourth-order valence-electron chi connectivity index (χ4n) is 7.33. The molecule has 9 nitrogen and oxygen atoms in total. The van der Waals surface area contributed by atoms with Gasteiger partial charge in [0, 0.05) is 48.4 Å².